The van der Waals surface area contributed by atoms with Crippen LogP contribution in [0.2, 0.25) is 0 Å². The van der Waals surface area contributed by atoms with Gasteiger partial charge in [0.1, 0.15) is 0 Å². The number of nitrogens with one attached hydrogen (secondary N) is 2. The molecule has 0 aliphatic heterocycles. The minimum absolute atomic E-state index is 0.172. The lowest BCUT2D eigenvalue weighted by Gasteiger charge is -2.12. The van der Waals surface area contributed by atoms with E-state index in [4.69, 9.17) is 13.7 Å². The lowest BCUT2D eigenvalue weighted by Crippen LogP contribution is -2.20. The van der Waals surface area contributed by atoms with Crippen LogP contribution in [0.4, 0.5) is 11.6 Å². The summed E-state index contributed by atoms with van der Waals surface area (Å²) in [5.74, 6) is -1.29. The number of anilines is 2. The Kier molecular flexibility index (Phi) is 6.01. The molecule has 0 spiro atoms. The van der Waals surface area contributed by atoms with Crippen molar-refractivity contribution in [3.63, 3.8) is 0 Å². The fraction of sp³-hybridized carbons (Fsp3) is 0.238. The predicted molar refractivity (Wildman–Crippen MR) is 107 cm³/mol. The zero-order valence-electron chi connectivity index (χ0n) is 16.7. The van der Waals surface area contributed by atoms with Crippen molar-refractivity contribution < 1.29 is 28.1 Å². The number of carbonyl (C=O) groups is 3. The zero-order chi connectivity index (χ0) is 21.7. The summed E-state index contributed by atoms with van der Waals surface area (Å²) in [5.41, 5.74) is 1.18. The second-order valence-corrected chi connectivity index (χ2v) is 7.46. The molecule has 0 aliphatic rings. The lowest BCUT2D eigenvalue weighted by atomic mass is 9.92. The average molecular weight is 411 g/mol. The van der Waals surface area contributed by atoms with E-state index in [0.717, 1.165) is 0 Å². The smallest absolute Gasteiger partial charge is 0.338 e. The first-order valence-corrected chi connectivity index (χ1v) is 9.11. The number of nitrogens with zero attached hydrogens (tertiary/aromatic N) is 1. The number of hydrogen-bond donors (Lipinski definition) is 2. The molecule has 30 heavy (non-hydrogen) atoms. The van der Waals surface area contributed by atoms with E-state index in [1.165, 1.54) is 24.5 Å². The highest BCUT2D eigenvalue weighted by molar-refractivity contribution is 6.02. The molecule has 2 N–H and O–H groups in total. The third kappa shape index (κ3) is 5.34. The minimum atomic E-state index is -0.679. The van der Waals surface area contributed by atoms with E-state index >= 15 is 0 Å². The van der Waals surface area contributed by atoms with Crippen LogP contribution in [0.15, 0.2) is 57.7 Å². The minimum Gasteiger partial charge on any atom is -0.459 e. The van der Waals surface area contributed by atoms with Gasteiger partial charge in [-0.3, -0.25) is 14.9 Å². The summed E-state index contributed by atoms with van der Waals surface area (Å²) in [4.78, 5) is 36.0. The average Bonchev–Trinajstić information content (AvgIpc) is 3.38. The van der Waals surface area contributed by atoms with E-state index in [1.807, 2.05) is 20.8 Å². The Balaban J connectivity index is 1.49. The molecule has 2 amide bonds. The fourth-order valence-electron chi connectivity index (χ4n) is 2.37. The van der Waals surface area contributed by atoms with Gasteiger partial charge in [-0.2, -0.15) is 0 Å². The second-order valence-electron chi connectivity index (χ2n) is 7.46. The van der Waals surface area contributed by atoms with Gasteiger partial charge in [0, 0.05) is 17.2 Å². The van der Waals surface area contributed by atoms with Gasteiger partial charge in [-0.05, 0) is 36.4 Å². The molecule has 2 aromatic heterocycles. The number of rotatable bonds is 6. The first-order chi connectivity index (χ1) is 14.2. The van der Waals surface area contributed by atoms with Crippen molar-refractivity contribution in [1.82, 2.24) is 5.16 Å². The molecule has 0 saturated carbocycles. The number of furan rings is 1. The highest BCUT2D eigenvalue weighted by atomic mass is 16.5. The van der Waals surface area contributed by atoms with Crippen molar-refractivity contribution in [3.05, 3.63) is 65.7 Å². The second kappa shape index (κ2) is 8.64. The van der Waals surface area contributed by atoms with Gasteiger partial charge < -0.3 is 19.0 Å². The van der Waals surface area contributed by atoms with Crippen LogP contribution in [-0.2, 0) is 14.9 Å². The largest absolute Gasteiger partial charge is 0.459 e. The van der Waals surface area contributed by atoms with Crippen LogP contribution < -0.4 is 10.6 Å². The summed E-state index contributed by atoms with van der Waals surface area (Å²) in [7, 11) is 0. The maximum absolute atomic E-state index is 12.1. The van der Waals surface area contributed by atoms with Crippen LogP contribution >= 0.6 is 0 Å². The molecule has 0 atom stereocenters. The molecule has 2 heterocycles. The van der Waals surface area contributed by atoms with Gasteiger partial charge in [0.2, 0.25) is 5.88 Å². The molecule has 3 rings (SSSR count). The number of ether oxygens (including phenoxy) is 1. The fourth-order valence-corrected chi connectivity index (χ4v) is 2.37. The van der Waals surface area contributed by atoms with E-state index in [9.17, 15) is 14.4 Å². The molecule has 0 fully saturated rings. The lowest BCUT2D eigenvalue weighted by molar-refractivity contribution is -0.119. The Morgan fingerprint density at radius 2 is 1.80 bits per heavy atom. The summed E-state index contributed by atoms with van der Waals surface area (Å²) in [6.07, 6.45) is 1.40. The Morgan fingerprint density at radius 1 is 1.07 bits per heavy atom. The van der Waals surface area contributed by atoms with E-state index in [1.54, 1.807) is 24.3 Å². The van der Waals surface area contributed by atoms with E-state index in [0.29, 0.717) is 11.4 Å². The first-order valence-electron chi connectivity index (χ1n) is 9.11. The maximum Gasteiger partial charge on any atom is 0.338 e. The Bertz CT molecular complexity index is 1030. The number of benzene rings is 1. The van der Waals surface area contributed by atoms with Crippen molar-refractivity contribution >= 4 is 29.4 Å². The summed E-state index contributed by atoms with van der Waals surface area (Å²) in [5, 5.41) is 9.01. The molecule has 9 heteroatoms. The van der Waals surface area contributed by atoms with Crippen LogP contribution in [0.1, 0.15) is 47.4 Å². The van der Waals surface area contributed by atoms with Gasteiger partial charge in [0.05, 0.1) is 17.5 Å². The number of esters is 1. The molecule has 3 aromatic rings. The van der Waals surface area contributed by atoms with E-state index in [2.05, 4.69) is 15.8 Å². The van der Waals surface area contributed by atoms with Gasteiger partial charge in [-0.25, -0.2) is 4.79 Å². The van der Waals surface area contributed by atoms with Gasteiger partial charge in [-0.1, -0.05) is 25.9 Å². The van der Waals surface area contributed by atoms with Crippen molar-refractivity contribution in [2.75, 3.05) is 17.2 Å². The molecule has 0 bridgehead atoms. The van der Waals surface area contributed by atoms with Crippen molar-refractivity contribution in [2.24, 2.45) is 0 Å². The van der Waals surface area contributed by atoms with Crippen LogP contribution in [0.3, 0.4) is 0 Å². The molecule has 1 aromatic carbocycles. The highest BCUT2D eigenvalue weighted by Gasteiger charge is 2.20. The van der Waals surface area contributed by atoms with Crippen LogP contribution in [-0.4, -0.2) is 29.5 Å². The highest BCUT2D eigenvalue weighted by Crippen LogP contribution is 2.23. The summed E-state index contributed by atoms with van der Waals surface area (Å²) < 4.78 is 15.1. The topological polar surface area (TPSA) is 124 Å². The Hall–Kier alpha value is -3.88. The zero-order valence-corrected chi connectivity index (χ0v) is 16.7. The summed E-state index contributed by atoms with van der Waals surface area (Å²) in [6, 6.07) is 10.8. The molecule has 0 unspecified atom stereocenters. The van der Waals surface area contributed by atoms with Crippen LogP contribution in [0.5, 0.6) is 0 Å². The summed E-state index contributed by atoms with van der Waals surface area (Å²) in [6.45, 7) is 5.41. The molecule has 156 valence electrons. The first kappa shape index (κ1) is 20.8. The van der Waals surface area contributed by atoms with E-state index < -0.39 is 24.4 Å². The third-order valence-corrected chi connectivity index (χ3v) is 4.00. The SMILES string of the molecule is CC(C)(C)c1cc(NC(=O)COC(=O)c2ccc(NC(=O)c3ccco3)cc2)on1. The van der Waals surface area contributed by atoms with Gasteiger partial charge >= 0.3 is 5.97 Å². The number of amides is 2. The number of carbonyl (C=O) groups excluding carboxylic acids is 3. The predicted octanol–water partition coefficient (Wildman–Crippen LogP) is 3.61. The molecule has 0 aliphatic carbocycles. The van der Waals surface area contributed by atoms with Gasteiger partial charge in [0.25, 0.3) is 11.8 Å². The monoisotopic (exact) mass is 411 g/mol. The molecular formula is C21H21N3O6. The van der Waals surface area contributed by atoms with Crippen molar-refractivity contribution in [1.29, 1.82) is 0 Å². The van der Waals surface area contributed by atoms with Crippen LogP contribution in [0.25, 0.3) is 0 Å². The van der Waals surface area contributed by atoms with Gasteiger partial charge in [-0.15, -0.1) is 0 Å². The molecule has 0 saturated heterocycles. The third-order valence-electron chi connectivity index (χ3n) is 4.00. The standard InChI is InChI=1S/C21H21N3O6/c1-21(2,3)16-11-18(30-24-16)23-17(25)12-29-20(27)13-6-8-14(9-7-13)22-19(26)15-5-4-10-28-15/h4-11H,12H2,1-3H3,(H,22,26)(H,23,25). The number of hydrogen-bond acceptors (Lipinski definition) is 7. The quantitative estimate of drug-likeness (QED) is 0.594. The molecule has 9 nitrogen and oxygen atoms in total. The number of aromatic nitrogens is 1. The maximum atomic E-state index is 12.1. The molecule has 0 radical (unpaired) electrons. The Labute approximate surface area is 172 Å². The van der Waals surface area contributed by atoms with Crippen molar-refractivity contribution in [2.45, 2.75) is 26.2 Å². The van der Waals surface area contributed by atoms with Gasteiger partial charge in [0.15, 0.2) is 12.4 Å². The normalized spacial score (nSPS) is 11.0. The van der Waals surface area contributed by atoms with E-state index in [-0.39, 0.29) is 22.6 Å². The Morgan fingerprint density at radius 3 is 2.40 bits per heavy atom. The van der Waals surface area contributed by atoms with Crippen LogP contribution in [0, 0.1) is 0 Å². The molecular weight excluding hydrogens is 390 g/mol. The van der Waals surface area contributed by atoms with Crippen molar-refractivity contribution in [3.8, 4) is 0 Å². The summed E-state index contributed by atoms with van der Waals surface area (Å²) >= 11 is 0.